The monoisotopic (exact) mass is 242 g/mol. The summed E-state index contributed by atoms with van der Waals surface area (Å²) in [5, 5.41) is 12.2. The van der Waals surface area contributed by atoms with E-state index in [1.807, 2.05) is 38.1 Å². The largest absolute Gasteiger partial charge is 0.480 e. The Kier molecular flexibility index (Phi) is 4.92. The number of carbonyl (C=O) groups is 1. The van der Waals surface area contributed by atoms with E-state index in [1.165, 1.54) is 11.3 Å². The third-order valence-corrected chi connectivity index (χ3v) is 3.27. The van der Waals surface area contributed by atoms with Crippen molar-refractivity contribution in [1.29, 1.82) is 0 Å². The molecule has 0 radical (unpaired) electrons. The fraction of sp³-hybridized carbons (Fsp3) is 0.545. The molecule has 0 saturated heterocycles. The molecule has 5 heteroatoms. The molecule has 0 saturated carbocycles. The molecule has 0 aliphatic heterocycles. The molecule has 16 heavy (non-hydrogen) atoms. The summed E-state index contributed by atoms with van der Waals surface area (Å²) < 4.78 is 0. The predicted octanol–water partition coefficient (Wildman–Crippen LogP) is 1.33. The van der Waals surface area contributed by atoms with E-state index in [0.29, 0.717) is 6.54 Å². The van der Waals surface area contributed by atoms with Gasteiger partial charge in [0.1, 0.15) is 6.04 Å². The number of aliphatic carboxylic acids is 1. The Morgan fingerprint density at radius 1 is 1.56 bits per heavy atom. The number of aryl methyl sites for hydroxylation is 1. The van der Waals surface area contributed by atoms with Gasteiger partial charge in [0.15, 0.2) is 0 Å². The van der Waals surface area contributed by atoms with Crippen LogP contribution in [0.3, 0.4) is 0 Å². The van der Waals surface area contributed by atoms with E-state index in [2.05, 4.69) is 5.32 Å². The lowest BCUT2D eigenvalue weighted by Gasteiger charge is -2.15. The Balaban J connectivity index is 2.58. The minimum absolute atomic E-state index is 0.585. The first-order valence-corrected chi connectivity index (χ1v) is 5.99. The van der Waals surface area contributed by atoms with Crippen LogP contribution in [0.5, 0.6) is 0 Å². The topological polar surface area (TPSA) is 52.6 Å². The second-order valence-electron chi connectivity index (χ2n) is 3.98. The van der Waals surface area contributed by atoms with Crippen LogP contribution in [0, 0.1) is 6.92 Å². The van der Waals surface area contributed by atoms with Gasteiger partial charge in [-0.2, -0.15) is 0 Å². The first-order valence-electron chi connectivity index (χ1n) is 5.18. The SMILES string of the molecule is Cc1ccc(C(NCCN(C)C)C(=O)O)s1. The maximum Gasteiger partial charge on any atom is 0.326 e. The van der Waals surface area contributed by atoms with Gasteiger partial charge in [0, 0.05) is 22.8 Å². The van der Waals surface area contributed by atoms with E-state index in [1.54, 1.807) is 0 Å². The molecular formula is C11H18N2O2S. The van der Waals surface area contributed by atoms with Crippen molar-refractivity contribution in [3.8, 4) is 0 Å². The van der Waals surface area contributed by atoms with E-state index in [0.717, 1.165) is 16.3 Å². The van der Waals surface area contributed by atoms with Crippen molar-refractivity contribution in [2.24, 2.45) is 0 Å². The molecule has 0 bridgehead atoms. The molecule has 1 rings (SSSR count). The minimum atomic E-state index is -0.819. The number of thiophene rings is 1. The standard InChI is InChI=1S/C11H18N2O2S/c1-8-4-5-9(16-8)10(11(14)15)12-6-7-13(2)3/h4-5,10,12H,6-7H2,1-3H3,(H,14,15). The summed E-state index contributed by atoms with van der Waals surface area (Å²) in [7, 11) is 3.93. The van der Waals surface area contributed by atoms with Crippen LogP contribution in [0.1, 0.15) is 15.8 Å². The number of carboxylic acid groups (broad SMARTS) is 1. The smallest absolute Gasteiger partial charge is 0.326 e. The summed E-state index contributed by atoms with van der Waals surface area (Å²) in [5.41, 5.74) is 0. The molecule has 1 aromatic heterocycles. The van der Waals surface area contributed by atoms with Crippen molar-refractivity contribution in [1.82, 2.24) is 10.2 Å². The maximum atomic E-state index is 11.1. The number of nitrogens with zero attached hydrogens (tertiary/aromatic N) is 1. The molecule has 0 fully saturated rings. The van der Waals surface area contributed by atoms with Crippen molar-refractivity contribution in [2.75, 3.05) is 27.2 Å². The fourth-order valence-corrected chi connectivity index (χ4v) is 2.30. The summed E-state index contributed by atoms with van der Waals surface area (Å²) in [6.45, 7) is 3.47. The van der Waals surface area contributed by atoms with Gasteiger partial charge in [-0.1, -0.05) is 0 Å². The van der Waals surface area contributed by atoms with Gasteiger partial charge in [-0.05, 0) is 33.2 Å². The third kappa shape index (κ3) is 3.92. The summed E-state index contributed by atoms with van der Waals surface area (Å²) in [5.74, 6) is -0.819. The molecule has 90 valence electrons. The van der Waals surface area contributed by atoms with Crippen LogP contribution in [-0.4, -0.2) is 43.2 Å². The Hall–Kier alpha value is -0.910. The molecule has 0 aliphatic carbocycles. The van der Waals surface area contributed by atoms with Crippen molar-refractivity contribution in [3.05, 3.63) is 21.9 Å². The highest BCUT2D eigenvalue weighted by atomic mass is 32.1. The van der Waals surface area contributed by atoms with Crippen molar-refractivity contribution >= 4 is 17.3 Å². The summed E-state index contributed by atoms with van der Waals surface area (Å²) in [6, 6.07) is 3.24. The van der Waals surface area contributed by atoms with Crippen LogP contribution < -0.4 is 5.32 Å². The minimum Gasteiger partial charge on any atom is -0.480 e. The zero-order valence-corrected chi connectivity index (χ0v) is 10.7. The van der Waals surface area contributed by atoms with Crippen LogP contribution in [0.25, 0.3) is 0 Å². The summed E-state index contributed by atoms with van der Waals surface area (Å²) in [6.07, 6.45) is 0. The Morgan fingerprint density at radius 3 is 2.69 bits per heavy atom. The molecule has 0 aliphatic rings. The zero-order chi connectivity index (χ0) is 12.1. The van der Waals surface area contributed by atoms with Crippen molar-refractivity contribution in [3.63, 3.8) is 0 Å². The normalized spacial score (nSPS) is 13.0. The average Bonchev–Trinajstić information content (AvgIpc) is 2.58. The molecule has 1 atom stereocenters. The third-order valence-electron chi connectivity index (χ3n) is 2.20. The molecule has 1 unspecified atom stereocenters. The highest BCUT2D eigenvalue weighted by Crippen LogP contribution is 2.22. The Morgan fingerprint density at radius 2 is 2.25 bits per heavy atom. The lowest BCUT2D eigenvalue weighted by Crippen LogP contribution is -2.33. The number of rotatable bonds is 6. The fourth-order valence-electron chi connectivity index (χ4n) is 1.35. The number of likely N-dealkylation sites (N-methyl/N-ethyl adjacent to an activating group) is 1. The van der Waals surface area contributed by atoms with Crippen LogP contribution in [0.4, 0.5) is 0 Å². The van der Waals surface area contributed by atoms with Crippen molar-refractivity contribution < 1.29 is 9.90 Å². The van der Waals surface area contributed by atoms with Gasteiger partial charge in [0.25, 0.3) is 0 Å². The van der Waals surface area contributed by atoms with Gasteiger partial charge in [0.2, 0.25) is 0 Å². The molecule has 4 nitrogen and oxygen atoms in total. The lowest BCUT2D eigenvalue weighted by atomic mass is 10.2. The highest BCUT2D eigenvalue weighted by Gasteiger charge is 2.20. The number of nitrogens with one attached hydrogen (secondary N) is 1. The van der Waals surface area contributed by atoms with Crippen LogP contribution >= 0.6 is 11.3 Å². The summed E-state index contributed by atoms with van der Waals surface area (Å²) in [4.78, 5) is 15.1. The van der Waals surface area contributed by atoms with Crippen LogP contribution in [0.15, 0.2) is 12.1 Å². The molecule has 0 spiro atoms. The lowest BCUT2D eigenvalue weighted by molar-refractivity contribution is -0.139. The molecule has 2 N–H and O–H groups in total. The van der Waals surface area contributed by atoms with Gasteiger partial charge in [-0.3, -0.25) is 10.1 Å². The van der Waals surface area contributed by atoms with Gasteiger partial charge in [-0.25, -0.2) is 0 Å². The summed E-state index contributed by atoms with van der Waals surface area (Å²) >= 11 is 1.53. The number of hydrogen-bond donors (Lipinski definition) is 2. The molecule has 0 aromatic carbocycles. The number of hydrogen-bond acceptors (Lipinski definition) is 4. The quantitative estimate of drug-likeness (QED) is 0.790. The zero-order valence-electron chi connectivity index (χ0n) is 9.86. The first-order chi connectivity index (χ1) is 7.50. The first kappa shape index (κ1) is 13.2. The highest BCUT2D eigenvalue weighted by molar-refractivity contribution is 7.12. The van der Waals surface area contributed by atoms with Crippen molar-refractivity contribution in [2.45, 2.75) is 13.0 Å². The van der Waals surface area contributed by atoms with Crippen LogP contribution in [-0.2, 0) is 4.79 Å². The Labute approximate surface area is 99.9 Å². The maximum absolute atomic E-state index is 11.1. The molecule has 1 aromatic rings. The van der Waals surface area contributed by atoms with E-state index in [9.17, 15) is 4.79 Å². The second kappa shape index (κ2) is 5.98. The van der Waals surface area contributed by atoms with Gasteiger partial charge >= 0.3 is 5.97 Å². The van der Waals surface area contributed by atoms with Gasteiger partial charge in [0.05, 0.1) is 0 Å². The predicted molar refractivity (Wildman–Crippen MR) is 66.0 cm³/mol. The van der Waals surface area contributed by atoms with E-state index in [4.69, 9.17) is 5.11 Å². The second-order valence-corrected chi connectivity index (χ2v) is 5.30. The number of carboxylic acids is 1. The van der Waals surface area contributed by atoms with E-state index in [-0.39, 0.29) is 0 Å². The van der Waals surface area contributed by atoms with E-state index >= 15 is 0 Å². The average molecular weight is 242 g/mol. The molecular weight excluding hydrogens is 224 g/mol. The van der Waals surface area contributed by atoms with Gasteiger partial charge in [-0.15, -0.1) is 11.3 Å². The molecule has 0 amide bonds. The molecule has 1 heterocycles. The van der Waals surface area contributed by atoms with E-state index < -0.39 is 12.0 Å². The van der Waals surface area contributed by atoms with Gasteiger partial charge < -0.3 is 10.0 Å². The Bertz CT molecular complexity index is 350. The van der Waals surface area contributed by atoms with Crippen LogP contribution in [0.2, 0.25) is 0 Å².